The Morgan fingerprint density at radius 2 is 1.86 bits per heavy atom. The topological polar surface area (TPSA) is 104 Å². The third-order valence-corrected chi connectivity index (χ3v) is 8.12. The van der Waals surface area contributed by atoms with Gasteiger partial charge in [-0.1, -0.05) is 24.3 Å². The van der Waals surface area contributed by atoms with Gasteiger partial charge in [-0.3, -0.25) is 19.0 Å². The fourth-order valence-electron chi connectivity index (χ4n) is 5.84. The monoisotopic (exact) mass is 608 g/mol. The fourth-order valence-corrected chi connectivity index (χ4v) is 5.84. The van der Waals surface area contributed by atoms with Crippen LogP contribution in [0.4, 0.5) is 14.7 Å². The first-order valence-electron chi connectivity index (χ1n) is 14.4. The van der Waals surface area contributed by atoms with Crippen molar-refractivity contribution in [2.24, 2.45) is 7.05 Å². The van der Waals surface area contributed by atoms with Crippen LogP contribution >= 0.6 is 0 Å². The van der Waals surface area contributed by atoms with Gasteiger partial charge >= 0.3 is 6.61 Å². The third-order valence-electron chi connectivity index (χ3n) is 8.12. The standard InChI is InChI=1S/C31H34F2N6O5/c1-19-16-37(11-12-38(19)28(41)26-18-42-31(2,3)44-26)30-34-14-22(15-35-30)20-9-10-23-24(13-20)39(36(4)27(23)40)17-21-7-5-6-8-25(21)43-29(32)33/h5-10,13-15,19,26,29H,11-12,16-18H2,1-4H3/t19-,26+/m1/s1. The van der Waals surface area contributed by atoms with Gasteiger partial charge < -0.3 is 24.0 Å². The summed E-state index contributed by atoms with van der Waals surface area (Å²) in [4.78, 5) is 39.2. The van der Waals surface area contributed by atoms with Crippen LogP contribution in [0.25, 0.3) is 22.0 Å². The third kappa shape index (κ3) is 5.76. The lowest BCUT2D eigenvalue weighted by molar-refractivity contribution is -0.161. The van der Waals surface area contributed by atoms with Crippen molar-refractivity contribution >= 4 is 22.8 Å². The molecule has 44 heavy (non-hydrogen) atoms. The van der Waals surface area contributed by atoms with E-state index in [0.717, 1.165) is 11.1 Å². The van der Waals surface area contributed by atoms with Gasteiger partial charge in [0, 0.05) is 56.2 Å². The molecular formula is C31H34F2N6O5. The Labute approximate surface area is 252 Å². The zero-order chi connectivity index (χ0) is 31.2. The molecule has 0 aliphatic carbocycles. The molecule has 0 N–H and O–H groups in total. The zero-order valence-corrected chi connectivity index (χ0v) is 24.9. The van der Waals surface area contributed by atoms with Crippen molar-refractivity contribution in [3.05, 3.63) is 70.8 Å². The molecule has 13 heteroatoms. The Kier molecular flexibility index (Phi) is 7.84. The van der Waals surface area contributed by atoms with E-state index < -0.39 is 18.5 Å². The molecule has 2 aromatic heterocycles. The van der Waals surface area contributed by atoms with Gasteiger partial charge in [0.15, 0.2) is 11.9 Å². The molecule has 0 saturated carbocycles. The van der Waals surface area contributed by atoms with Crippen molar-refractivity contribution < 1.29 is 27.8 Å². The number of aromatic nitrogens is 4. The number of fused-ring (bicyclic) bond motifs is 1. The van der Waals surface area contributed by atoms with Gasteiger partial charge in [0.1, 0.15) is 5.75 Å². The molecule has 2 atom stereocenters. The van der Waals surface area contributed by atoms with E-state index in [-0.39, 0.29) is 36.4 Å². The Morgan fingerprint density at radius 1 is 1.11 bits per heavy atom. The summed E-state index contributed by atoms with van der Waals surface area (Å²) in [5, 5.41) is 0.501. The van der Waals surface area contributed by atoms with Gasteiger partial charge in [0.25, 0.3) is 11.5 Å². The molecular weight excluding hydrogens is 574 g/mol. The minimum Gasteiger partial charge on any atom is -0.434 e. The van der Waals surface area contributed by atoms with Crippen LogP contribution in [0.3, 0.4) is 0 Å². The molecule has 2 fully saturated rings. The Bertz CT molecular complexity index is 1740. The number of amides is 1. The van der Waals surface area contributed by atoms with Gasteiger partial charge in [-0.2, -0.15) is 8.78 Å². The molecule has 0 radical (unpaired) electrons. The molecule has 4 heterocycles. The number of halogens is 2. The number of rotatable bonds is 7. The zero-order valence-electron chi connectivity index (χ0n) is 24.9. The van der Waals surface area contributed by atoms with E-state index in [1.165, 1.54) is 10.7 Å². The quantitative estimate of drug-likeness (QED) is 0.314. The second-order valence-corrected chi connectivity index (χ2v) is 11.5. The molecule has 232 valence electrons. The van der Waals surface area contributed by atoms with Crippen LogP contribution in [-0.4, -0.2) is 80.9 Å². The summed E-state index contributed by atoms with van der Waals surface area (Å²) < 4.78 is 45.2. The summed E-state index contributed by atoms with van der Waals surface area (Å²) in [6, 6.07) is 11.9. The van der Waals surface area contributed by atoms with E-state index in [1.54, 1.807) is 62.2 Å². The maximum absolute atomic E-state index is 13.1. The molecule has 2 aliphatic heterocycles. The first-order chi connectivity index (χ1) is 21.0. The first kappa shape index (κ1) is 29.7. The van der Waals surface area contributed by atoms with Crippen LogP contribution in [0.2, 0.25) is 0 Å². The van der Waals surface area contributed by atoms with Crippen molar-refractivity contribution in [1.29, 1.82) is 0 Å². The van der Waals surface area contributed by atoms with Crippen molar-refractivity contribution in [2.75, 3.05) is 31.1 Å². The predicted octanol–water partition coefficient (Wildman–Crippen LogP) is 3.64. The summed E-state index contributed by atoms with van der Waals surface area (Å²) in [5.41, 5.74) is 2.50. The maximum atomic E-state index is 13.1. The van der Waals surface area contributed by atoms with E-state index in [4.69, 9.17) is 14.2 Å². The van der Waals surface area contributed by atoms with Crippen LogP contribution in [-0.2, 0) is 27.9 Å². The molecule has 1 amide bonds. The minimum absolute atomic E-state index is 0.0568. The molecule has 0 unspecified atom stereocenters. The van der Waals surface area contributed by atoms with E-state index in [1.807, 2.05) is 28.9 Å². The van der Waals surface area contributed by atoms with E-state index >= 15 is 0 Å². The number of anilines is 1. The number of carbonyl (C=O) groups is 1. The Morgan fingerprint density at radius 3 is 2.55 bits per heavy atom. The SMILES string of the molecule is C[C@@H]1CN(c2ncc(-c3ccc4c(=O)n(C)n(Cc5ccccc5OC(F)F)c4c3)cn2)CCN1C(=O)[C@@H]1COC(C)(C)O1. The molecule has 6 rings (SSSR count). The Balaban J connectivity index is 1.19. The van der Waals surface area contributed by atoms with Crippen molar-refractivity contribution in [3.63, 3.8) is 0 Å². The number of carbonyl (C=O) groups excluding carboxylic acids is 1. The molecule has 0 bridgehead atoms. The van der Waals surface area contributed by atoms with E-state index in [0.29, 0.717) is 42.0 Å². The summed E-state index contributed by atoms with van der Waals surface area (Å²) in [5.74, 6) is -0.219. The minimum atomic E-state index is -2.96. The average Bonchev–Trinajstić information content (AvgIpc) is 3.48. The number of hydrogen-bond acceptors (Lipinski definition) is 8. The van der Waals surface area contributed by atoms with E-state index in [9.17, 15) is 18.4 Å². The largest absolute Gasteiger partial charge is 0.434 e. The number of piperazine rings is 1. The first-order valence-corrected chi connectivity index (χ1v) is 14.4. The lowest BCUT2D eigenvalue weighted by Gasteiger charge is -2.40. The lowest BCUT2D eigenvalue weighted by atomic mass is 10.1. The van der Waals surface area contributed by atoms with Gasteiger partial charge in [0.2, 0.25) is 5.95 Å². The highest BCUT2D eigenvalue weighted by Crippen LogP contribution is 2.28. The summed E-state index contributed by atoms with van der Waals surface area (Å²) >= 11 is 0. The number of ether oxygens (including phenoxy) is 3. The number of hydrogen-bond donors (Lipinski definition) is 0. The van der Waals surface area contributed by atoms with Gasteiger partial charge in [-0.15, -0.1) is 0 Å². The van der Waals surface area contributed by atoms with Gasteiger partial charge in [-0.25, -0.2) is 9.97 Å². The normalized spacial score (nSPS) is 20.1. The van der Waals surface area contributed by atoms with Crippen molar-refractivity contribution in [1.82, 2.24) is 24.2 Å². The summed E-state index contributed by atoms with van der Waals surface area (Å²) in [6.45, 7) is 4.69. The molecule has 0 spiro atoms. The molecule has 2 saturated heterocycles. The molecule has 11 nitrogen and oxygen atoms in total. The highest BCUT2D eigenvalue weighted by Gasteiger charge is 2.41. The second-order valence-electron chi connectivity index (χ2n) is 11.5. The predicted molar refractivity (Wildman–Crippen MR) is 159 cm³/mol. The van der Waals surface area contributed by atoms with Crippen LogP contribution in [0.15, 0.2) is 59.7 Å². The van der Waals surface area contributed by atoms with Crippen molar-refractivity contribution in [2.45, 2.75) is 51.9 Å². The number of para-hydroxylation sites is 1. The summed E-state index contributed by atoms with van der Waals surface area (Å²) in [6.07, 6.45) is 2.86. The van der Waals surface area contributed by atoms with Crippen molar-refractivity contribution in [3.8, 4) is 16.9 Å². The average molecular weight is 609 g/mol. The second kappa shape index (κ2) is 11.6. The highest BCUT2D eigenvalue weighted by atomic mass is 19.3. The van der Waals surface area contributed by atoms with Crippen LogP contribution in [0.1, 0.15) is 26.3 Å². The number of nitrogens with zero attached hydrogens (tertiary/aromatic N) is 6. The Hall–Kier alpha value is -4.36. The molecule has 4 aromatic rings. The summed E-state index contributed by atoms with van der Waals surface area (Å²) in [7, 11) is 1.64. The lowest BCUT2D eigenvalue weighted by Crippen LogP contribution is -2.57. The van der Waals surface area contributed by atoms with Gasteiger partial charge in [-0.05, 0) is 44.5 Å². The van der Waals surface area contributed by atoms with E-state index in [2.05, 4.69) is 9.97 Å². The van der Waals surface area contributed by atoms with Crippen LogP contribution in [0.5, 0.6) is 5.75 Å². The smallest absolute Gasteiger partial charge is 0.387 e. The number of benzene rings is 2. The van der Waals surface area contributed by atoms with Gasteiger partial charge in [0.05, 0.1) is 24.1 Å². The number of alkyl halides is 2. The molecule has 2 aromatic carbocycles. The van der Waals surface area contributed by atoms with Crippen LogP contribution in [0, 0.1) is 0 Å². The van der Waals surface area contributed by atoms with Crippen LogP contribution < -0.4 is 15.2 Å². The maximum Gasteiger partial charge on any atom is 0.387 e. The molecule has 2 aliphatic rings. The highest BCUT2D eigenvalue weighted by molar-refractivity contribution is 5.84. The fraction of sp³-hybridized carbons (Fsp3) is 0.419.